The van der Waals surface area contributed by atoms with Gasteiger partial charge in [0.05, 0.1) is 18.7 Å². The van der Waals surface area contributed by atoms with Crippen LogP contribution in [0.4, 0.5) is 0 Å². The molecular weight excluding hydrogens is 368 g/mol. The van der Waals surface area contributed by atoms with Crippen LogP contribution in [0.3, 0.4) is 0 Å². The Morgan fingerprint density at radius 1 is 1.28 bits per heavy atom. The Kier molecular flexibility index (Phi) is 7.27. The summed E-state index contributed by atoms with van der Waals surface area (Å²) in [6.07, 6.45) is 3.30. The maximum absolute atomic E-state index is 11.9. The number of aliphatic imine (C=N–C) groups is 1. The van der Waals surface area contributed by atoms with Crippen LogP contribution in [-0.2, 0) is 16.1 Å². The second-order valence-electron chi connectivity index (χ2n) is 7.17. The van der Waals surface area contributed by atoms with Gasteiger partial charge in [-0.15, -0.1) is 0 Å². The van der Waals surface area contributed by atoms with Gasteiger partial charge in [-0.05, 0) is 33.6 Å². The van der Waals surface area contributed by atoms with E-state index >= 15 is 0 Å². The van der Waals surface area contributed by atoms with Crippen molar-refractivity contribution in [2.75, 3.05) is 26.2 Å². The fourth-order valence-electron chi connectivity index (χ4n) is 3.39. The molecule has 3 rings (SSSR count). The van der Waals surface area contributed by atoms with E-state index in [1.165, 1.54) is 5.56 Å². The average molecular weight is 399 g/mol. The molecule has 7 heteroatoms. The van der Waals surface area contributed by atoms with Crippen LogP contribution in [-0.4, -0.2) is 48.1 Å². The molecule has 0 amide bonds. The Bertz CT molecular complexity index is 821. The lowest BCUT2D eigenvalue weighted by Crippen LogP contribution is -2.46. The van der Waals surface area contributed by atoms with Gasteiger partial charge in [0.2, 0.25) is 5.89 Å². The monoisotopic (exact) mass is 398 g/mol. The molecule has 0 saturated carbocycles. The standard InChI is InChI=1S/C22H30N4O3/c1-4-23-22(26-12-10-18(11-13-26)21(27)28-5-2)25-15-20-24-14-19(29-20)17-8-6-16(3)7-9-17/h6-9,14,18H,4-5,10-13,15H2,1-3H3,(H,23,25). The summed E-state index contributed by atoms with van der Waals surface area (Å²) >= 11 is 0. The molecule has 1 aliphatic heterocycles. The number of aryl methyl sites for hydroxylation is 1. The number of nitrogens with one attached hydrogen (secondary N) is 1. The number of benzene rings is 1. The molecule has 1 aromatic carbocycles. The summed E-state index contributed by atoms with van der Waals surface area (Å²) in [4.78, 5) is 23.2. The highest BCUT2D eigenvalue weighted by Gasteiger charge is 2.27. The lowest BCUT2D eigenvalue weighted by atomic mass is 9.97. The van der Waals surface area contributed by atoms with Gasteiger partial charge in [0, 0.05) is 25.2 Å². The third kappa shape index (κ3) is 5.59. The highest BCUT2D eigenvalue weighted by molar-refractivity contribution is 5.80. The van der Waals surface area contributed by atoms with Crippen molar-refractivity contribution in [1.29, 1.82) is 0 Å². The molecule has 0 unspecified atom stereocenters. The predicted molar refractivity (Wildman–Crippen MR) is 112 cm³/mol. The van der Waals surface area contributed by atoms with E-state index in [1.54, 1.807) is 6.20 Å². The summed E-state index contributed by atoms with van der Waals surface area (Å²) in [6.45, 7) is 9.07. The number of likely N-dealkylation sites (tertiary alicyclic amines) is 1. The minimum Gasteiger partial charge on any atom is -0.466 e. The number of carbonyl (C=O) groups is 1. The van der Waals surface area contributed by atoms with Gasteiger partial charge in [-0.1, -0.05) is 29.8 Å². The van der Waals surface area contributed by atoms with Crippen LogP contribution in [0.25, 0.3) is 11.3 Å². The smallest absolute Gasteiger partial charge is 0.309 e. The van der Waals surface area contributed by atoms with E-state index in [1.807, 2.05) is 26.0 Å². The fraction of sp³-hybridized carbons (Fsp3) is 0.500. The van der Waals surface area contributed by atoms with Gasteiger partial charge in [-0.3, -0.25) is 4.79 Å². The normalized spacial score (nSPS) is 15.4. The largest absolute Gasteiger partial charge is 0.466 e. The molecular formula is C22H30N4O3. The molecule has 2 heterocycles. The molecule has 1 N–H and O–H groups in total. The molecule has 1 aromatic heterocycles. The highest BCUT2D eigenvalue weighted by Crippen LogP contribution is 2.22. The minimum atomic E-state index is -0.0856. The van der Waals surface area contributed by atoms with Crippen molar-refractivity contribution >= 4 is 11.9 Å². The van der Waals surface area contributed by atoms with Crippen molar-refractivity contribution in [2.45, 2.75) is 40.2 Å². The Hall–Kier alpha value is -2.83. The Morgan fingerprint density at radius 3 is 2.66 bits per heavy atom. The van der Waals surface area contributed by atoms with Gasteiger partial charge in [0.25, 0.3) is 0 Å². The first-order valence-corrected chi connectivity index (χ1v) is 10.3. The number of hydrogen-bond donors (Lipinski definition) is 1. The summed E-state index contributed by atoms with van der Waals surface area (Å²) in [5.74, 6) is 2.05. The van der Waals surface area contributed by atoms with Crippen LogP contribution in [0.2, 0.25) is 0 Å². The Morgan fingerprint density at radius 2 is 2.00 bits per heavy atom. The number of carbonyl (C=O) groups excluding carboxylic acids is 1. The highest BCUT2D eigenvalue weighted by atomic mass is 16.5. The maximum atomic E-state index is 11.9. The number of oxazole rings is 1. The number of ether oxygens (including phenoxy) is 1. The van der Waals surface area contributed by atoms with Crippen LogP contribution in [0.15, 0.2) is 39.9 Å². The topological polar surface area (TPSA) is 80.0 Å². The third-order valence-corrected chi connectivity index (χ3v) is 5.00. The van der Waals surface area contributed by atoms with E-state index in [0.717, 1.165) is 49.8 Å². The Labute approximate surface area is 172 Å². The molecule has 7 nitrogen and oxygen atoms in total. The number of guanidine groups is 1. The lowest BCUT2D eigenvalue weighted by Gasteiger charge is -2.33. The summed E-state index contributed by atoms with van der Waals surface area (Å²) in [6, 6.07) is 8.17. The fourth-order valence-corrected chi connectivity index (χ4v) is 3.39. The van der Waals surface area contributed by atoms with Gasteiger partial charge in [-0.25, -0.2) is 9.98 Å². The molecule has 29 heavy (non-hydrogen) atoms. The van der Waals surface area contributed by atoms with Crippen LogP contribution >= 0.6 is 0 Å². The number of hydrogen-bond acceptors (Lipinski definition) is 5. The molecule has 0 radical (unpaired) electrons. The number of esters is 1. The Balaban J connectivity index is 1.61. The molecule has 1 fully saturated rings. The van der Waals surface area contributed by atoms with Gasteiger partial charge in [0.1, 0.15) is 6.54 Å². The van der Waals surface area contributed by atoms with E-state index in [9.17, 15) is 4.79 Å². The van der Waals surface area contributed by atoms with Gasteiger partial charge in [-0.2, -0.15) is 0 Å². The average Bonchev–Trinajstić information content (AvgIpc) is 3.21. The third-order valence-electron chi connectivity index (χ3n) is 5.00. The number of nitrogens with zero attached hydrogens (tertiary/aromatic N) is 3. The summed E-state index contributed by atoms with van der Waals surface area (Å²) in [5, 5.41) is 3.33. The zero-order valence-electron chi connectivity index (χ0n) is 17.5. The first-order chi connectivity index (χ1) is 14.1. The molecule has 1 saturated heterocycles. The quantitative estimate of drug-likeness (QED) is 0.456. The van der Waals surface area contributed by atoms with Crippen molar-refractivity contribution in [2.24, 2.45) is 10.9 Å². The van der Waals surface area contributed by atoms with Gasteiger partial charge < -0.3 is 19.4 Å². The number of rotatable bonds is 6. The van der Waals surface area contributed by atoms with Crippen molar-refractivity contribution in [3.8, 4) is 11.3 Å². The summed E-state index contributed by atoms with van der Waals surface area (Å²) in [5.41, 5.74) is 2.21. The molecule has 2 aromatic rings. The molecule has 0 bridgehead atoms. The lowest BCUT2D eigenvalue weighted by molar-refractivity contribution is -0.149. The zero-order chi connectivity index (χ0) is 20.6. The van der Waals surface area contributed by atoms with Crippen molar-refractivity contribution in [1.82, 2.24) is 15.2 Å². The summed E-state index contributed by atoms with van der Waals surface area (Å²) < 4.78 is 11.0. The summed E-state index contributed by atoms with van der Waals surface area (Å²) in [7, 11) is 0. The maximum Gasteiger partial charge on any atom is 0.309 e. The van der Waals surface area contributed by atoms with E-state index < -0.39 is 0 Å². The number of piperidine rings is 1. The first kappa shape index (κ1) is 20.9. The van der Waals surface area contributed by atoms with Crippen LogP contribution < -0.4 is 5.32 Å². The van der Waals surface area contributed by atoms with E-state index in [0.29, 0.717) is 19.0 Å². The van der Waals surface area contributed by atoms with Gasteiger partial charge in [0.15, 0.2) is 11.7 Å². The first-order valence-electron chi connectivity index (χ1n) is 10.3. The molecule has 0 aliphatic carbocycles. The van der Waals surface area contributed by atoms with Crippen LogP contribution in [0, 0.1) is 12.8 Å². The van der Waals surface area contributed by atoms with Crippen LogP contribution in [0.5, 0.6) is 0 Å². The second-order valence-corrected chi connectivity index (χ2v) is 7.17. The van der Waals surface area contributed by atoms with E-state index in [2.05, 4.69) is 34.3 Å². The second kappa shape index (κ2) is 10.1. The minimum absolute atomic E-state index is 0.0158. The SMILES string of the molecule is CCNC(=NCc1ncc(-c2ccc(C)cc2)o1)N1CCC(C(=O)OCC)CC1. The zero-order valence-corrected chi connectivity index (χ0v) is 17.5. The molecule has 156 valence electrons. The molecule has 0 atom stereocenters. The van der Waals surface area contributed by atoms with Crippen molar-refractivity contribution in [3.63, 3.8) is 0 Å². The van der Waals surface area contributed by atoms with Crippen molar-refractivity contribution in [3.05, 3.63) is 41.9 Å². The molecule has 0 spiro atoms. The van der Waals surface area contributed by atoms with Crippen LogP contribution in [0.1, 0.15) is 38.1 Å². The van der Waals surface area contributed by atoms with Crippen molar-refractivity contribution < 1.29 is 13.9 Å². The predicted octanol–water partition coefficient (Wildman–Crippen LogP) is 3.39. The van der Waals surface area contributed by atoms with Gasteiger partial charge >= 0.3 is 5.97 Å². The van der Waals surface area contributed by atoms with E-state index in [-0.39, 0.29) is 11.9 Å². The molecule has 1 aliphatic rings. The van der Waals surface area contributed by atoms with E-state index in [4.69, 9.17) is 14.1 Å². The number of aromatic nitrogens is 1.